The average Bonchev–Trinajstić information content (AvgIpc) is 3.25. The van der Waals surface area contributed by atoms with Crippen molar-refractivity contribution in [2.24, 2.45) is 0 Å². The number of aromatic amines is 1. The van der Waals surface area contributed by atoms with Gasteiger partial charge in [-0.3, -0.25) is 9.69 Å². The molecule has 1 aliphatic heterocycles. The molecule has 5 nitrogen and oxygen atoms in total. The number of benzene rings is 2. The van der Waals surface area contributed by atoms with Crippen LogP contribution in [0.2, 0.25) is 0 Å². The van der Waals surface area contributed by atoms with E-state index in [1.807, 2.05) is 48.2 Å². The molecule has 4 rings (SSSR count). The topological polar surface area (TPSA) is 61.0 Å². The zero-order chi connectivity index (χ0) is 19.2. The summed E-state index contributed by atoms with van der Waals surface area (Å²) in [5.74, 6) is 2.50. The minimum atomic E-state index is -0.152. The van der Waals surface area contributed by atoms with E-state index < -0.39 is 0 Å². The van der Waals surface area contributed by atoms with Crippen molar-refractivity contribution >= 4 is 28.2 Å². The van der Waals surface area contributed by atoms with Gasteiger partial charge in [-0.25, -0.2) is 5.10 Å². The zero-order valence-corrected chi connectivity index (χ0v) is 16.8. The van der Waals surface area contributed by atoms with Gasteiger partial charge in [-0.15, -0.1) is 11.8 Å². The Balaban J connectivity index is 1.36. The highest BCUT2D eigenvalue weighted by Gasteiger charge is 2.11. The second-order valence-electron chi connectivity index (χ2n) is 7.17. The molecule has 0 spiro atoms. The second kappa shape index (κ2) is 9.26. The fraction of sp³-hybridized carbons (Fsp3) is 0.364. The molecular formula is C22H26N4OS. The van der Waals surface area contributed by atoms with Crippen LogP contribution in [0.5, 0.6) is 0 Å². The lowest BCUT2D eigenvalue weighted by Gasteiger charge is -2.13. The molecule has 1 aliphatic rings. The Morgan fingerprint density at radius 3 is 2.82 bits per heavy atom. The summed E-state index contributed by atoms with van der Waals surface area (Å²) < 4.78 is 0. The van der Waals surface area contributed by atoms with Crippen LogP contribution in [-0.2, 0) is 0 Å². The molecule has 3 aromatic rings. The summed E-state index contributed by atoms with van der Waals surface area (Å²) in [6.07, 6.45) is 3.70. The minimum absolute atomic E-state index is 0.152. The predicted octanol–water partition coefficient (Wildman–Crippen LogP) is 4.18. The Morgan fingerprint density at radius 1 is 1.07 bits per heavy atom. The van der Waals surface area contributed by atoms with Crippen LogP contribution in [0.15, 0.2) is 53.3 Å². The summed E-state index contributed by atoms with van der Waals surface area (Å²) in [4.78, 5) is 14.6. The normalized spacial score (nSPS) is 14.6. The number of hydrogen-bond acceptors (Lipinski definition) is 5. The van der Waals surface area contributed by atoms with Gasteiger partial charge >= 0.3 is 0 Å². The van der Waals surface area contributed by atoms with Crippen molar-refractivity contribution in [1.82, 2.24) is 15.1 Å². The lowest BCUT2D eigenvalue weighted by molar-refractivity contribution is 0.345. The number of unbranched alkanes of at least 4 members (excludes halogenated alkanes) is 2. The number of thioether (sulfide) groups is 1. The molecule has 2 aromatic carbocycles. The molecule has 6 heteroatoms. The predicted molar refractivity (Wildman–Crippen MR) is 119 cm³/mol. The first-order valence-corrected chi connectivity index (χ1v) is 11.1. The Kier molecular flexibility index (Phi) is 6.29. The summed E-state index contributed by atoms with van der Waals surface area (Å²) in [7, 11) is 0. The van der Waals surface area contributed by atoms with Crippen LogP contribution >= 0.6 is 11.8 Å². The summed E-state index contributed by atoms with van der Waals surface area (Å²) in [5.41, 5.74) is 2.75. The molecule has 0 saturated carbocycles. The summed E-state index contributed by atoms with van der Waals surface area (Å²) in [5, 5.41) is 12.0. The van der Waals surface area contributed by atoms with E-state index in [9.17, 15) is 4.79 Å². The van der Waals surface area contributed by atoms with Crippen LogP contribution in [-0.4, -0.2) is 46.4 Å². The molecular weight excluding hydrogens is 368 g/mol. The van der Waals surface area contributed by atoms with Crippen LogP contribution in [0, 0.1) is 0 Å². The molecule has 1 aromatic heterocycles. The van der Waals surface area contributed by atoms with E-state index in [-0.39, 0.29) is 5.56 Å². The van der Waals surface area contributed by atoms with E-state index in [1.165, 1.54) is 44.0 Å². The van der Waals surface area contributed by atoms with E-state index in [0.29, 0.717) is 5.39 Å². The maximum absolute atomic E-state index is 12.0. The second-order valence-corrected chi connectivity index (χ2v) is 8.25. The summed E-state index contributed by atoms with van der Waals surface area (Å²) >= 11 is 2.04. The number of rotatable bonds is 8. The van der Waals surface area contributed by atoms with Gasteiger partial charge in [0.2, 0.25) is 0 Å². The molecule has 0 radical (unpaired) electrons. The molecule has 0 unspecified atom stereocenters. The third-order valence-electron chi connectivity index (χ3n) is 5.14. The number of H-pyrrole nitrogens is 1. The third kappa shape index (κ3) is 4.56. The Hall–Kier alpha value is -2.31. The SMILES string of the molecule is O=c1[nH]nc(-c2cccc(NCCCCCN3CCSC3)c2)c2ccccc12. The zero-order valence-electron chi connectivity index (χ0n) is 16.0. The number of nitrogens with zero attached hydrogens (tertiary/aromatic N) is 2. The van der Waals surface area contributed by atoms with E-state index in [2.05, 4.69) is 32.5 Å². The average molecular weight is 395 g/mol. The third-order valence-corrected chi connectivity index (χ3v) is 6.16. The minimum Gasteiger partial charge on any atom is -0.385 e. The van der Waals surface area contributed by atoms with Crippen molar-refractivity contribution in [3.8, 4) is 11.3 Å². The maximum Gasteiger partial charge on any atom is 0.272 e. The smallest absolute Gasteiger partial charge is 0.272 e. The van der Waals surface area contributed by atoms with Gasteiger partial charge in [-0.2, -0.15) is 5.10 Å². The highest BCUT2D eigenvalue weighted by Crippen LogP contribution is 2.26. The Morgan fingerprint density at radius 2 is 1.96 bits per heavy atom. The Labute approximate surface area is 169 Å². The van der Waals surface area contributed by atoms with Gasteiger partial charge in [-0.05, 0) is 37.6 Å². The van der Waals surface area contributed by atoms with Crippen molar-refractivity contribution in [1.29, 1.82) is 0 Å². The number of nitrogens with one attached hydrogen (secondary N) is 2. The van der Waals surface area contributed by atoms with E-state index in [4.69, 9.17) is 0 Å². The molecule has 2 heterocycles. The van der Waals surface area contributed by atoms with Crippen molar-refractivity contribution in [3.05, 3.63) is 58.9 Å². The van der Waals surface area contributed by atoms with Crippen LogP contribution in [0.1, 0.15) is 19.3 Å². The van der Waals surface area contributed by atoms with E-state index >= 15 is 0 Å². The van der Waals surface area contributed by atoms with Crippen LogP contribution < -0.4 is 10.9 Å². The van der Waals surface area contributed by atoms with Gasteiger partial charge in [0.15, 0.2) is 0 Å². The van der Waals surface area contributed by atoms with Gasteiger partial charge in [0.1, 0.15) is 0 Å². The largest absolute Gasteiger partial charge is 0.385 e. The molecule has 1 fully saturated rings. The molecule has 0 bridgehead atoms. The molecule has 0 aliphatic carbocycles. The Bertz CT molecular complexity index is 981. The van der Waals surface area contributed by atoms with Gasteiger partial charge in [0.05, 0.1) is 11.1 Å². The monoisotopic (exact) mass is 394 g/mol. The van der Waals surface area contributed by atoms with Crippen LogP contribution in [0.4, 0.5) is 5.69 Å². The summed E-state index contributed by atoms with van der Waals surface area (Å²) in [6, 6.07) is 15.9. The molecule has 2 N–H and O–H groups in total. The van der Waals surface area contributed by atoms with Crippen LogP contribution in [0.3, 0.4) is 0 Å². The molecule has 28 heavy (non-hydrogen) atoms. The van der Waals surface area contributed by atoms with Gasteiger partial charge in [0.25, 0.3) is 5.56 Å². The van der Waals surface area contributed by atoms with Crippen molar-refractivity contribution in [2.45, 2.75) is 19.3 Å². The van der Waals surface area contributed by atoms with E-state index in [1.54, 1.807) is 0 Å². The number of anilines is 1. The van der Waals surface area contributed by atoms with E-state index in [0.717, 1.165) is 28.9 Å². The first kappa shape index (κ1) is 19.0. The van der Waals surface area contributed by atoms with Crippen LogP contribution in [0.25, 0.3) is 22.0 Å². The number of fused-ring (bicyclic) bond motifs is 1. The fourth-order valence-corrected chi connectivity index (χ4v) is 4.64. The van der Waals surface area contributed by atoms with Gasteiger partial charge in [-0.1, -0.05) is 36.8 Å². The van der Waals surface area contributed by atoms with Crippen molar-refractivity contribution in [2.75, 3.05) is 36.6 Å². The lowest BCUT2D eigenvalue weighted by atomic mass is 10.0. The maximum atomic E-state index is 12.0. The first-order chi connectivity index (χ1) is 13.8. The number of hydrogen-bond donors (Lipinski definition) is 2. The van der Waals surface area contributed by atoms with Gasteiger partial charge in [0, 0.05) is 41.4 Å². The van der Waals surface area contributed by atoms with Gasteiger partial charge < -0.3 is 5.32 Å². The lowest BCUT2D eigenvalue weighted by Crippen LogP contribution is -2.20. The highest BCUT2D eigenvalue weighted by molar-refractivity contribution is 7.99. The van der Waals surface area contributed by atoms with Crippen molar-refractivity contribution in [3.63, 3.8) is 0 Å². The molecule has 0 atom stereocenters. The quantitative estimate of drug-likeness (QED) is 0.561. The summed E-state index contributed by atoms with van der Waals surface area (Å²) in [6.45, 7) is 3.45. The standard InChI is InChI=1S/C22H26N4OS/c27-22-20-10-3-2-9-19(20)21(24-25-22)17-7-6-8-18(15-17)23-11-4-1-5-12-26-13-14-28-16-26/h2-3,6-10,15,23H,1,4-5,11-14,16H2,(H,25,27). The van der Waals surface area contributed by atoms with Crippen molar-refractivity contribution < 1.29 is 0 Å². The first-order valence-electron chi connectivity index (χ1n) is 9.93. The highest BCUT2D eigenvalue weighted by atomic mass is 32.2. The fourth-order valence-electron chi connectivity index (χ4n) is 3.61. The molecule has 1 saturated heterocycles. The number of aromatic nitrogens is 2. The molecule has 146 valence electrons. The molecule has 0 amide bonds.